The molecule has 3 amide bonds. The second-order valence-electron chi connectivity index (χ2n) is 10.3. The second-order valence-corrected chi connectivity index (χ2v) is 10.3. The molecule has 1 fully saturated rings. The van der Waals surface area contributed by atoms with Crippen molar-refractivity contribution in [3.05, 3.63) is 106 Å². The predicted octanol–water partition coefficient (Wildman–Crippen LogP) is 7.42. The first kappa shape index (κ1) is 31.6. The van der Waals surface area contributed by atoms with Gasteiger partial charge in [-0.15, -0.1) is 0 Å². The number of carbonyl (C=O) groups is 2. The number of amides is 3. The topological polar surface area (TPSA) is 53.1 Å². The summed E-state index contributed by atoms with van der Waals surface area (Å²) in [6.07, 6.45) is -10.7. The van der Waals surface area contributed by atoms with Gasteiger partial charge in [-0.05, 0) is 53.4 Å². The molecule has 1 unspecified atom stereocenters. The third-order valence-electron chi connectivity index (χ3n) is 7.05. The average Bonchev–Trinajstić information content (AvgIpc) is 2.96. The summed E-state index contributed by atoms with van der Waals surface area (Å²) in [6, 6.07) is 12.8. The Morgan fingerprint density at radius 1 is 0.884 bits per heavy atom. The van der Waals surface area contributed by atoms with Crippen molar-refractivity contribution in [2.24, 2.45) is 0 Å². The van der Waals surface area contributed by atoms with E-state index in [1.165, 1.54) is 42.0 Å². The molecule has 0 saturated carbocycles. The Balaban J connectivity index is 1.56. The summed E-state index contributed by atoms with van der Waals surface area (Å²) in [5.74, 6) is -0.487. The molecular formula is C30H28F7N3O3. The van der Waals surface area contributed by atoms with E-state index < -0.39 is 54.0 Å². The van der Waals surface area contributed by atoms with Gasteiger partial charge >= 0.3 is 24.5 Å². The molecule has 1 aliphatic rings. The molecule has 3 aromatic carbocycles. The normalized spacial score (nSPS) is 15.8. The number of hydrogen-bond acceptors (Lipinski definition) is 3. The number of benzene rings is 3. The summed E-state index contributed by atoms with van der Waals surface area (Å²) >= 11 is 0. The Morgan fingerprint density at radius 2 is 1.51 bits per heavy atom. The molecule has 3 aromatic rings. The minimum Gasteiger partial charge on any atom is -0.445 e. The molecule has 0 aromatic heterocycles. The van der Waals surface area contributed by atoms with Gasteiger partial charge in [-0.1, -0.05) is 42.5 Å². The zero-order chi connectivity index (χ0) is 31.5. The molecule has 0 spiro atoms. The maximum Gasteiger partial charge on any atom is 0.416 e. The minimum absolute atomic E-state index is 0.0127. The van der Waals surface area contributed by atoms with Crippen molar-refractivity contribution in [2.75, 3.05) is 26.7 Å². The highest BCUT2D eigenvalue weighted by molar-refractivity contribution is 5.76. The van der Waals surface area contributed by atoms with E-state index in [0.717, 1.165) is 10.5 Å². The molecule has 13 heteroatoms. The Kier molecular flexibility index (Phi) is 9.21. The first-order valence-electron chi connectivity index (χ1n) is 13.1. The number of alkyl halides is 6. The number of piperazine rings is 1. The summed E-state index contributed by atoms with van der Waals surface area (Å²) in [5.41, 5.74) is -1.80. The molecule has 0 radical (unpaired) electrons. The van der Waals surface area contributed by atoms with Crippen molar-refractivity contribution in [3.63, 3.8) is 0 Å². The van der Waals surface area contributed by atoms with Gasteiger partial charge in [0, 0.05) is 33.2 Å². The molecule has 6 nitrogen and oxygen atoms in total. The number of ether oxygens (including phenoxy) is 1. The van der Waals surface area contributed by atoms with Crippen molar-refractivity contribution in [2.45, 2.75) is 38.5 Å². The van der Waals surface area contributed by atoms with Crippen LogP contribution < -0.4 is 0 Å². The number of rotatable bonds is 5. The van der Waals surface area contributed by atoms with Crippen LogP contribution in [-0.4, -0.2) is 53.5 Å². The molecule has 1 aliphatic heterocycles. The lowest BCUT2D eigenvalue weighted by molar-refractivity contribution is -0.143. The first-order chi connectivity index (χ1) is 20.1. The fourth-order valence-corrected chi connectivity index (χ4v) is 4.82. The second kappa shape index (κ2) is 12.5. The molecule has 230 valence electrons. The van der Waals surface area contributed by atoms with Crippen LogP contribution >= 0.6 is 0 Å². The number of carbonyl (C=O) groups excluding carboxylic acids is 2. The van der Waals surface area contributed by atoms with E-state index in [2.05, 4.69) is 0 Å². The van der Waals surface area contributed by atoms with E-state index in [-0.39, 0.29) is 43.4 Å². The molecule has 43 heavy (non-hydrogen) atoms. The Bertz CT molecular complexity index is 1430. The maximum atomic E-state index is 14.1. The number of aryl methyl sites for hydroxylation is 1. The third kappa shape index (κ3) is 7.76. The van der Waals surface area contributed by atoms with Crippen LogP contribution in [0.5, 0.6) is 0 Å². The van der Waals surface area contributed by atoms with E-state index in [1.54, 1.807) is 24.3 Å². The van der Waals surface area contributed by atoms with Crippen LogP contribution in [0.1, 0.15) is 39.4 Å². The van der Waals surface area contributed by atoms with Crippen LogP contribution in [-0.2, 0) is 30.2 Å². The zero-order valence-electron chi connectivity index (χ0n) is 23.2. The fraction of sp³-hybridized carbons (Fsp3) is 0.333. The lowest BCUT2D eigenvalue weighted by atomic mass is 10.0. The van der Waals surface area contributed by atoms with Crippen LogP contribution in [0.4, 0.5) is 40.3 Å². The lowest BCUT2D eigenvalue weighted by Gasteiger charge is -2.42. The molecule has 4 rings (SSSR count). The number of nitrogens with zero attached hydrogens (tertiary/aromatic N) is 3. The Morgan fingerprint density at radius 3 is 2.09 bits per heavy atom. The van der Waals surface area contributed by atoms with Gasteiger partial charge in [-0.3, -0.25) is 0 Å². The molecule has 1 saturated heterocycles. The van der Waals surface area contributed by atoms with Crippen LogP contribution in [0.15, 0.2) is 66.7 Å². The molecule has 1 atom stereocenters. The van der Waals surface area contributed by atoms with Crippen molar-refractivity contribution in [1.29, 1.82) is 0 Å². The smallest absolute Gasteiger partial charge is 0.416 e. The van der Waals surface area contributed by atoms with Crippen LogP contribution in [0.2, 0.25) is 0 Å². The van der Waals surface area contributed by atoms with Crippen molar-refractivity contribution < 1.29 is 45.1 Å². The molecule has 0 aliphatic carbocycles. The number of hydrogen-bond donors (Lipinski definition) is 0. The van der Waals surface area contributed by atoms with Gasteiger partial charge in [0.25, 0.3) is 0 Å². The summed E-state index contributed by atoms with van der Waals surface area (Å²) in [4.78, 5) is 30.2. The minimum atomic E-state index is -5.03. The van der Waals surface area contributed by atoms with E-state index in [1.807, 2.05) is 6.07 Å². The van der Waals surface area contributed by atoms with Gasteiger partial charge < -0.3 is 19.4 Å². The van der Waals surface area contributed by atoms with E-state index in [4.69, 9.17) is 4.74 Å². The largest absolute Gasteiger partial charge is 0.445 e. The van der Waals surface area contributed by atoms with Gasteiger partial charge in [0.05, 0.1) is 17.2 Å². The third-order valence-corrected chi connectivity index (χ3v) is 7.05. The first-order valence-corrected chi connectivity index (χ1v) is 13.1. The lowest BCUT2D eigenvalue weighted by Crippen LogP contribution is -2.55. The fourth-order valence-electron chi connectivity index (χ4n) is 4.82. The van der Waals surface area contributed by atoms with E-state index >= 15 is 0 Å². The monoisotopic (exact) mass is 611 g/mol. The van der Waals surface area contributed by atoms with Crippen LogP contribution in [0.3, 0.4) is 0 Å². The van der Waals surface area contributed by atoms with Crippen molar-refractivity contribution >= 4 is 12.1 Å². The van der Waals surface area contributed by atoms with E-state index in [9.17, 15) is 40.3 Å². The molecule has 1 heterocycles. The molecule has 0 bridgehead atoms. The summed E-state index contributed by atoms with van der Waals surface area (Å²) in [7, 11) is 1.25. The van der Waals surface area contributed by atoms with Crippen LogP contribution in [0, 0.1) is 12.7 Å². The van der Waals surface area contributed by atoms with Crippen LogP contribution in [0.25, 0.3) is 0 Å². The van der Waals surface area contributed by atoms with Gasteiger partial charge in [-0.2, -0.15) is 26.3 Å². The van der Waals surface area contributed by atoms with Crippen molar-refractivity contribution in [3.8, 4) is 0 Å². The van der Waals surface area contributed by atoms with Gasteiger partial charge in [0.15, 0.2) is 0 Å². The average molecular weight is 612 g/mol. The van der Waals surface area contributed by atoms with Gasteiger partial charge in [0.1, 0.15) is 12.4 Å². The molecular weight excluding hydrogens is 583 g/mol. The quantitative estimate of drug-likeness (QED) is 0.282. The summed E-state index contributed by atoms with van der Waals surface area (Å²) in [6.45, 7) is 0.962. The zero-order valence-corrected chi connectivity index (χ0v) is 23.2. The summed E-state index contributed by atoms with van der Waals surface area (Å²) < 4.78 is 99.6. The van der Waals surface area contributed by atoms with Crippen molar-refractivity contribution in [1.82, 2.24) is 14.7 Å². The van der Waals surface area contributed by atoms with E-state index in [0.29, 0.717) is 17.7 Å². The highest BCUT2D eigenvalue weighted by Crippen LogP contribution is 2.37. The molecule has 0 N–H and O–H groups in total. The SMILES string of the molecule is Cc1cc(C2CN(C(=O)OCc3ccccc3)CCN2C(=O)N(C)Cc2cc(C(F)(F)F)cc(C(F)(F)F)c2)ccc1F. The highest BCUT2D eigenvalue weighted by Gasteiger charge is 2.38. The highest BCUT2D eigenvalue weighted by atomic mass is 19.4. The van der Waals surface area contributed by atoms with Gasteiger partial charge in [-0.25, -0.2) is 14.0 Å². The summed E-state index contributed by atoms with van der Waals surface area (Å²) in [5, 5.41) is 0. The maximum absolute atomic E-state index is 14.1. The predicted molar refractivity (Wildman–Crippen MR) is 142 cm³/mol. The Hall–Kier alpha value is -4.29. The number of urea groups is 1. The standard InChI is InChI=1S/C30H28F7N3O3/c1-19-12-22(8-9-25(19)31)26-17-39(28(42)43-18-20-6-4-3-5-7-20)10-11-40(26)27(41)38(2)16-21-13-23(29(32,33)34)15-24(14-21)30(35,36)37/h3-9,12-15,26H,10-11,16-18H2,1-2H3. The van der Waals surface area contributed by atoms with Gasteiger partial charge in [0.2, 0.25) is 0 Å². The number of halogens is 7. The Labute approximate surface area is 243 Å².